The Balaban J connectivity index is 1.03. The maximum Gasteiger partial charge on any atom is 0.266 e. The second kappa shape index (κ2) is 13.7. The quantitative estimate of drug-likeness (QED) is 0.248. The maximum atomic E-state index is 13.6. The average molecular weight is 623 g/mol. The van der Waals surface area contributed by atoms with Crippen molar-refractivity contribution in [2.45, 2.75) is 6.54 Å². The Morgan fingerprint density at radius 2 is 1.76 bits per heavy atom. The molecule has 1 aliphatic rings. The zero-order valence-corrected chi connectivity index (χ0v) is 25.2. The number of rotatable bonds is 9. The van der Waals surface area contributed by atoms with E-state index in [4.69, 9.17) is 0 Å². The second-order valence-corrected chi connectivity index (χ2v) is 11.1. The van der Waals surface area contributed by atoms with Crippen molar-refractivity contribution in [1.29, 1.82) is 0 Å². The fraction of sp³-hybridized carbons (Fsp3) is 0.206. The number of hydrogen-bond acceptors (Lipinski definition) is 8. The summed E-state index contributed by atoms with van der Waals surface area (Å²) in [5, 5.41) is 6.82. The van der Waals surface area contributed by atoms with Crippen molar-refractivity contribution in [3.63, 3.8) is 0 Å². The van der Waals surface area contributed by atoms with Gasteiger partial charge in [-0.2, -0.15) is 0 Å². The van der Waals surface area contributed by atoms with Crippen molar-refractivity contribution >= 4 is 40.2 Å². The monoisotopic (exact) mass is 622 g/mol. The van der Waals surface area contributed by atoms with Crippen molar-refractivity contribution < 1.29 is 13.6 Å². The number of hydrogen-bond donors (Lipinski definition) is 2. The van der Waals surface area contributed by atoms with Gasteiger partial charge in [-0.25, -0.2) is 23.7 Å². The number of benzene rings is 3. The van der Waals surface area contributed by atoms with E-state index in [9.17, 15) is 18.4 Å². The molecular weight excluding hydrogens is 590 g/mol. The van der Waals surface area contributed by atoms with Crippen LogP contribution in [0.3, 0.4) is 0 Å². The third-order valence-corrected chi connectivity index (χ3v) is 7.77. The Bertz CT molecular complexity index is 1950. The van der Waals surface area contributed by atoms with Crippen LogP contribution in [-0.2, 0) is 6.54 Å². The molecule has 0 saturated carbocycles. The van der Waals surface area contributed by atoms with E-state index in [1.807, 2.05) is 36.4 Å². The first kappa shape index (κ1) is 30.5. The van der Waals surface area contributed by atoms with Crippen LogP contribution in [0, 0.1) is 11.6 Å². The van der Waals surface area contributed by atoms with Gasteiger partial charge < -0.3 is 20.4 Å². The molecule has 46 heavy (non-hydrogen) atoms. The molecule has 0 spiro atoms. The number of nitrogens with zero attached hydrogens (tertiary/aromatic N) is 6. The lowest BCUT2D eigenvalue weighted by Crippen LogP contribution is -2.44. The highest BCUT2D eigenvalue weighted by Gasteiger charge is 2.15. The Morgan fingerprint density at radius 1 is 0.957 bits per heavy atom. The van der Waals surface area contributed by atoms with Crippen molar-refractivity contribution in [2.75, 3.05) is 50.0 Å². The number of fused-ring (bicyclic) bond motifs is 1. The molecule has 5 aromatic rings. The van der Waals surface area contributed by atoms with Gasteiger partial charge in [-0.15, -0.1) is 0 Å². The van der Waals surface area contributed by atoms with E-state index in [2.05, 4.69) is 54.6 Å². The number of piperazine rings is 1. The highest BCUT2D eigenvalue weighted by atomic mass is 19.2. The van der Waals surface area contributed by atoms with Gasteiger partial charge in [-0.05, 0) is 66.7 Å². The third-order valence-electron chi connectivity index (χ3n) is 7.77. The van der Waals surface area contributed by atoms with E-state index >= 15 is 0 Å². The van der Waals surface area contributed by atoms with Crippen LogP contribution in [0.2, 0.25) is 0 Å². The molecule has 234 valence electrons. The molecular formula is C34H32F2N8O2. The molecule has 0 unspecified atom stereocenters. The smallest absolute Gasteiger partial charge is 0.266 e. The zero-order valence-electron chi connectivity index (χ0n) is 25.2. The second-order valence-electron chi connectivity index (χ2n) is 11.1. The Labute approximate surface area is 264 Å². The molecule has 1 fully saturated rings. The number of halogens is 2. The van der Waals surface area contributed by atoms with E-state index in [0.29, 0.717) is 11.5 Å². The van der Waals surface area contributed by atoms with Crippen molar-refractivity contribution in [2.24, 2.45) is 0 Å². The van der Waals surface area contributed by atoms with Crippen LogP contribution >= 0.6 is 0 Å². The van der Waals surface area contributed by atoms with Crippen molar-refractivity contribution in [3.05, 3.63) is 124 Å². The number of carbonyl (C=O) groups excluding carboxylic acids is 1. The molecule has 0 bridgehead atoms. The molecule has 12 heteroatoms. The molecule has 1 amide bonds. The van der Waals surface area contributed by atoms with Crippen molar-refractivity contribution in [3.8, 4) is 0 Å². The lowest BCUT2D eigenvalue weighted by atomic mass is 10.1. The first-order valence-corrected chi connectivity index (χ1v) is 14.8. The summed E-state index contributed by atoms with van der Waals surface area (Å²) < 4.78 is 28.0. The fourth-order valence-corrected chi connectivity index (χ4v) is 5.16. The molecule has 1 saturated heterocycles. The van der Waals surface area contributed by atoms with Crippen LogP contribution in [-0.4, -0.2) is 70.1 Å². The van der Waals surface area contributed by atoms with Crippen LogP contribution < -0.4 is 21.1 Å². The predicted molar refractivity (Wildman–Crippen MR) is 174 cm³/mol. The fourth-order valence-electron chi connectivity index (χ4n) is 5.16. The van der Waals surface area contributed by atoms with Crippen LogP contribution in [0.4, 0.5) is 26.1 Å². The van der Waals surface area contributed by atoms with E-state index in [1.54, 1.807) is 12.3 Å². The van der Waals surface area contributed by atoms with Crippen LogP contribution in [0.5, 0.6) is 0 Å². The van der Waals surface area contributed by atoms with Gasteiger partial charge in [0, 0.05) is 61.9 Å². The van der Waals surface area contributed by atoms with Crippen LogP contribution in [0.25, 0.3) is 17.0 Å². The average Bonchev–Trinajstić information content (AvgIpc) is 3.06. The Hall–Kier alpha value is -5.49. The summed E-state index contributed by atoms with van der Waals surface area (Å²) in [6.45, 7) is 4.26. The SMILES string of the molecule is CN1CCN(c2ccc(Nc3ncc4cc(C=CCNC(=O)c5cncn(Cc6ccc(F)c(F)c6)c5=O)ccc4n3)cc2)CC1. The minimum Gasteiger partial charge on any atom is -0.369 e. The number of nitrogens with one attached hydrogen (secondary N) is 2. The van der Waals surface area contributed by atoms with Gasteiger partial charge in [0.1, 0.15) is 5.56 Å². The summed E-state index contributed by atoms with van der Waals surface area (Å²) in [5.74, 6) is -2.08. The first-order valence-electron chi connectivity index (χ1n) is 14.8. The highest BCUT2D eigenvalue weighted by molar-refractivity contribution is 5.93. The summed E-state index contributed by atoms with van der Waals surface area (Å²) in [6, 6.07) is 17.4. The minimum atomic E-state index is -1.02. The standard InChI is InChI=1S/C34H32F2N8O2/c1-42-13-15-43(16-14-42)27-8-6-26(7-9-27)40-34-39-19-25-17-23(5-11-31(25)41-34)3-2-12-38-32(45)28-20-37-22-44(33(28)46)21-24-4-10-29(35)30(36)18-24/h2-11,17-20,22H,12-16,21H2,1H3,(H,38,45)(H,39,40,41). The highest BCUT2D eigenvalue weighted by Crippen LogP contribution is 2.22. The van der Waals surface area contributed by atoms with E-state index < -0.39 is 23.1 Å². The number of aromatic nitrogens is 4. The number of anilines is 3. The largest absolute Gasteiger partial charge is 0.369 e. The number of amides is 1. The van der Waals surface area contributed by atoms with Gasteiger partial charge in [0.15, 0.2) is 11.6 Å². The molecule has 3 heterocycles. The molecule has 1 aliphatic heterocycles. The van der Waals surface area contributed by atoms with Gasteiger partial charge in [0.05, 0.1) is 18.4 Å². The summed E-state index contributed by atoms with van der Waals surface area (Å²) in [5.41, 5.74) is 3.41. The Kier molecular flexibility index (Phi) is 9.06. The molecule has 0 aliphatic carbocycles. The molecule has 2 aromatic heterocycles. The van der Waals surface area contributed by atoms with Gasteiger partial charge in [-0.3, -0.25) is 14.2 Å². The van der Waals surface area contributed by atoms with Gasteiger partial charge in [-0.1, -0.05) is 24.3 Å². The van der Waals surface area contributed by atoms with E-state index in [-0.39, 0.29) is 18.7 Å². The Morgan fingerprint density at radius 3 is 2.54 bits per heavy atom. The number of likely N-dealkylation sites (N-methyl/N-ethyl adjacent to an activating group) is 1. The molecule has 3 aromatic carbocycles. The topological polar surface area (TPSA) is 108 Å². The zero-order chi connectivity index (χ0) is 32.0. The number of carbonyl (C=O) groups is 1. The summed E-state index contributed by atoms with van der Waals surface area (Å²) in [7, 11) is 2.15. The normalized spacial score (nSPS) is 13.8. The van der Waals surface area contributed by atoms with E-state index in [1.165, 1.54) is 28.8 Å². The van der Waals surface area contributed by atoms with Crippen LogP contribution in [0.1, 0.15) is 21.5 Å². The molecule has 0 radical (unpaired) electrons. The molecule has 6 rings (SSSR count). The summed E-state index contributed by atoms with van der Waals surface area (Å²) in [4.78, 5) is 43.3. The molecule has 0 atom stereocenters. The van der Waals surface area contributed by atoms with Gasteiger partial charge in [0.2, 0.25) is 5.95 Å². The van der Waals surface area contributed by atoms with Gasteiger partial charge in [0.25, 0.3) is 11.5 Å². The lowest BCUT2D eigenvalue weighted by Gasteiger charge is -2.34. The predicted octanol–water partition coefficient (Wildman–Crippen LogP) is 4.45. The van der Waals surface area contributed by atoms with Gasteiger partial charge >= 0.3 is 0 Å². The molecule has 2 N–H and O–H groups in total. The first-order chi connectivity index (χ1) is 22.3. The summed E-state index contributed by atoms with van der Waals surface area (Å²) >= 11 is 0. The van der Waals surface area contributed by atoms with E-state index in [0.717, 1.165) is 60.5 Å². The van der Waals surface area contributed by atoms with Crippen LogP contribution in [0.15, 0.2) is 90.3 Å². The maximum absolute atomic E-state index is 13.6. The molecule has 10 nitrogen and oxygen atoms in total. The van der Waals surface area contributed by atoms with Crippen molar-refractivity contribution in [1.82, 2.24) is 29.7 Å². The summed E-state index contributed by atoms with van der Waals surface area (Å²) in [6.07, 6.45) is 7.79. The minimum absolute atomic E-state index is 0.0580. The third kappa shape index (κ3) is 7.24. The lowest BCUT2D eigenvalue weighted by molar-refractivity contribution is 0.0955.